The molecular weight excluding hydrogens is 196 g/mol. The van der Waals surface area contributed by atoms with E-state index < -0.39 is 0 Å². The van der Waals surface area contributed by atoms with Gasteiger partial charge in [-0.25, -0.2) is 0 Å². The van der Waals surface area contributed by atoms with Gasteiger partial charge < -0.3 is 5.11 Å². The molecule has 16 heavy (non-hydrogen) atoms. The van der Waals surface area contributed by atoms with Gasteiger partial charge in [-0.1, -0.05) is 36.5 Å². The fourth-order valence-corrected chi connectivity index (χ4v) is 2.23. The van der Waals surface area contributed by atoms with Gasteiger partial charge in [0.05, 0.1) is 0 Å². The summed E-state index contributed by atoms with van der Waals surface area (Å²) in [5.74, 6) is 0.647. The molecule has 0 spiro atoms. The van der Waals surface area contributed by atoms with Crippen molar-refractivity contribution in [1.82, 2.24) is 0 Å². The van der Waals surface area contributed by atoms with Gasteiger partial charge in [0.15, 0.2) is 0 Å². The summed E-state index contributed by atoms with van der Waals surface area (Å²) in [6.07, 6.45) is 12.5. The molecule has 82 valence electrons. The first-order chi connectivity index (χ1) is 7.68. The Kier molecular flexibility index (Phi) is 2.95. The van der Waals surface area contributed by atoms with Crippen LogP contribution in [-0.2, 0) is 0 Å². The molecule has 0 aliphatic heterocycles. The van der Waals surface area contributed by atoms with Gasteiger partial charge in [0.1, 0.15) is 5.75 Å². The van der Waals surface area contributed by atoms with E-state index in [0.717, 1.165) is 11.1 Å². The van der Waals surface area contributed by atoms with Gasteiger partial charge in [0, 0.05) is 5.92 Å². The monoisotopic (exact) mass is 212 g/mol. The van der Waals surface area contributed by atoms with Gasteiger partial charge in [0.2, 0.25) is 0 Å². The number of benzene rings is 1. The molecule has 0 atom stereocenters. The van der Waals surface area contributed by atoms with Crippen molar-refractivity contribution in [1.29, 1.82) is 0 Å². The van der Waals surface area contributed by atoms with Gasteiger partial charge in [-0.2, -0.15) is 0 Å². The molecule has 1 aromatic carbocycles. The fourth-order valence-electron chi connectivity index (χ4n) is 2.23. The van der Waals surface area contributed by atoms with Crippen molar-refractivity contribution in [2.45, 2.75) is 19.8 Å². The smallest absolute Gasteiger partial charge is 0.116 e. The van der Waals surface area contributed by atoms with Crippen LogP contribution in [0.25, 0.3) is 0 Å². The SMILES string of the molecule is Cc1cc(O)cc(C)c1C1C=CC=CC=C1. The van der Waals surface area contributed by atoms with Crippen molar-refractivity contribution in [2.24, 2.45) is 0 Å². The minimum atomic E-state index is 0.301. The number of hydrogen-bond donors (Lipinski definition) is 1. The Hall–Kier alpha value is -1.76. The zero-order chi connectivity index (χ0) is 11.5. The minimum absolute atomic E-state index is 0.301. The van der Waals surface area contributed by atoms with E-state index in [2.05, 4.69) is 24.3 Å². The summed E-state index contributed by atoms with van der Waals surface area (Å²) in [5, 5.41) is 9.52. The summed E-state index contributed by atoms with van der Waals surface area (Å²) < 4.78 is 0. The summed E-state index contributed by atoms with van der Waals surface area (Å²) in [6.45, 7) is 4.09. The second-order valence-electron chi connectivity index (χ2n) is 4.17. The number of phenolic OH excluding ortho intramolecular Hbond substituents is 1. The Balaban J connectivity index is 2.48. The topological polar surface area (TPSA) is 20.2 Å². The molecule has 0 bridgehead atoms. The van der Waals surface area contributed by atoms with Crippen molar-refractivity contribution < 1.29 is 5.11 Å². The van der Waals surface area contributed by atoms with Gasteiger partial charge in [0.25, 0.3) is 0 Å². The second kappa shape index (κ2) is 4.40. The van der Waals surface area contributed by atoms with E-state index in [-0.39, 0.29) is 0 Å². The number of rotatable bonds is 1. The molecule has 2 rings (SSSR count). The molecule has 1 aliphatic rings. The van der Waals surface area contributed by atoms with Gasteiger partial charge in [-0.3, -0.25) is 0 Å². The zero-order valence-corrected chi connectivity index (χ0v) is 9.64. The molecule has 0 aromatic heterocycles. The Morgan fingerprint density at radius 2 is 1.38 bits per heavy atom. The van der Waals surface area contributed by atoms with Crippen molar-refractivity contribution in [3.8, 4) is 5.75 Å². The molecule has 0 heterocycles. The van der Waals surface area contributed by atoms with Gasteiger partial charge in [-0.15, -0.1) is 0 Å². The summed E-state index contributed by atoms with van der Waals surface area (Å²) in [5.41, 5.74) is 3.56. The Labute approximate surface area is 96.4 Å². The minimum Gasteiger partial charge on any atom is -0.508 e. The lowest BCUT2D eigenvalue weighted by Crippen LogP contribution is -1.98. The van der Waals surface area contributed by atoms with E-state index in [1.807, 2.05) is 38.1 Å². The standard InChI is InChI=1S/C15H16O/c1-11-9-14(16)10-12(2)15(11)13-7-5-3-4-6-8-13/h3-10,13,16H,1-2H3. The van der Waals surface area contributed by atoms with E-state index in [1.165, 1.54) is 5.56 Å². The molecule has 1 nitrogen and oxygen atoms in total. The average Bonchev–Trinajstić information content (AvgIpc) is 2.44. The summed E-state index contributed by atoms with van der Waals surface area (Å²) in [6, 6.07) is 3.64. The van der Waals surface area contributed by atoms with E-state index in [0.29, 0.717) is 11.7 Å². The molecule has 0 saturated carbocycles. The maximum Gasteiger partial charge on any atom is 0.116 e. The van der Waals surface area contributed by atoms with E-state index in [4.69, 9.17) is 0 Å². The lowest BCUT2D eigenvalue weighted by atomic mass is 9.90. The largest absolute Gasteiger partial charge is 0.508 e. The molecule has 0 radical (unpaired) electrons. The number of aryl methyl sites for hydroxylation is 2. The van der Waals surface area contributed by atoms with Crippen molar-refractivity contribution >= 4 is 0 Å². The molecule has 1 N–H and O–H groups in total. The van der Waals surface area contributed by atoms with E-state index in [1.54, 1.807) is 0 Å². The highest BCUT2D eigenvalue weighted by Gasteiger charge is 2.12. The highest BCUT2D eigenvalue weighted by atomic mass is 16.3. The van der Waals surface area contributed by atoms with Crippen LogP contribution >= 0.6 is 0 Å². The second-order valence-corrected chi connectivity index (χ2v) is 4.17. The highest BCUT2D eigenvalue weighted by Crippen LogP contribution is 2.30. The molecule has 0 unspecified atom stereocenters. The summed E-state index contributed by atoms with van der Waals surface area (Å²) in [7, 11) is 0. The molecule has 1 aromatic rings. The molecule has 0 saturated heterocycles. The predicted molar refractivity (Wildman–Crippen MR) is 67.7 cm³/mol. The quantitative estimate of drug-likeness (QED) is 0.751. The third kappa shape index (κ3) is 2.08. The van der Waals surface area contributed by atoms with Crippen molar-refractivity contribution in [3.05, 3.63) is 65.3 Å². The van der Waals surface area contributed by atoms with E-state index in [9.17, 15) is 5.11 Å². The third-order valence-electron chi connectivity index (χ3n) is 2.88. The van der Waals surface area contributed by atoms with Crippen LogP contribution in [0.3, 0.4) is 0 Å². The molecule has 0 fully saturated rings. The Morgan fingerprint density at radius 1 is 0.875 bits per heavy atom. The van der Waals surface area contributed by atoms with Crippen molar-refractivity contribution in [2.75, 3.05) is 0 Å². The van der Waals surface area contributed by atoms with Crippen molar-refractivity contribution in [3.63, 3.8) is 0 Å². The van der Waals surface area contributed by atoms with Gasteiger partial charge in [-0.05, 0) is 42.7 Å². The third-order valence-corrected chi connectivity index (χ3v) is 2.88. The maximum absolute atomic E-state index is 9.52. The first-order valence-corrected chi connectivity index (χ1v) is 5.50. The van der Waals surface area contributed by atoms with Crippen LogP contribution in [-0.4, -0.2) is 5.11 Å². The Morgan fingerprint density at radius 3 is 1.88 bits per heavy atom. The highest BCUT2D eigenvalue weighted by molar-refractivity contribution is 5.46. The zero-order valence-electron chi connectivity index (χ0n) is 9.64. The lowest BCUT2D eigenvalue weighted by molar-refractivity contribution is 0.474. The average molecular weight is 212 g/mol. The summed E-state index contributed by atoms with van der Waals surface area (Å²) in [4.78, 5) is 0. The molecular formula is C15H16O. The predicted octanol–water partition coefficient (Wildman–Crippen LogP) is 3.77. The maximum atomic E-state index is 9.52. The van der Waals surface area contributed by atoms with Crippen LogP contribution in [0.5, 0.6) is 5.75 Å². The molecule has 0 amide bonds. The first-order valence-electron chi connectivity index (χ1n) is 5.50. The van der Waals surface area contributed by atoms with Crippen LogP contribution in [0.15, 0.2) is 48.6 Å². The van der Waals surface area contributed by atoms with Crippen LogP contribution in [0.2, 0.25) is 0 Å². The summed E-state index contributed by atoms with van der Waals surface area (Å²) >= 11 is 0. The van der Waals surface area contributed by atoms with Crippen LogP contribution in [0, 0.1) is 13.8 Å². The van der Waals surface area contributed by atoms with Crippen LogP contribution < -0.4 is 0 Å². The lowest BCUT2D eigenvalue weighted by Gasteiger charge is -2.15. The number of hydrogen-bond acceptors (Lipinski definition) is 1. The number of phenols is 1. The number of aromatic hydroxyl groups is 1. The fraction of sp³-hybridized carbons (Fsp3) is 0.200. The Bertz CT molecular complexity index is 439. The molecule has 1 heteroatoms. The van der Waals surface area contributed by atoms with E-state index >= 15 is 0 Å². The van der Waals surface area contributed by atoms with Crippen LogP contribution in [0.1, 0.15) is 22.6 Å². The molecule has 1 aliphatic carbocycles. The number of allylic oxidation sites excluding steroid dienone is 6. The first kappa shape index (κ1) is 10.7. The van der Waals surface area contributed by atoms with Gasteiger partial charge >= 0.3 is 0 Å². The van der Waals surface area contributed by atoms with Crippen LogP contribution in [0.4, 0.5) is 0 Å². The normalized spacial score (nSPS) is 15.4.